The average Bonchev–Trinajstić information content (AvgIpc) is 3.06. The number of hydrogen-bond donors (Lipinski definition) is 0. The lowest BCUT2D eigenvalue weighted by molar-refractivity contribution is -0.128. The fraction of sp³-hybridized carbons (Fsp3) is 0.875. The summed E-state index contributed by atoms with van der Waals surface area (Å²) in [5.74, 6) is 0.625. The Balaban J connectivity index is 1.35. The number of amides is 2. The molecule has 2 heterocycles. The summed E-state index contributed by atoms with van der Waals surface area (Å²) in [6, 6.07) is 0. The molecule has 0 bridgehead atoms. The Morgan fingerprint density at radius 1 is 0.762 bits per heavy atom. The maximum Gasteiger partial charge on any atom is 0.222 e. The third kappa shape index (κ3) is 5.65. The maximum atomic E-state index is 11.4. The molecule has 0 saturated carbocycles. The van der Waals surface area contributed by atoms with Gasteiger partial charge in [-0.3, -0.25) is 9.59 Å². The molecule has 0 radical (unpaired) electrons. The second-order valence-corrected chi connectivity index (χ2v) is 6.00. The highest BCUT2D eigenvalue weighted by Crippen LogP contribution is 2.11. The molecule has 0 aromatic heterocycles. The number of likely N-dealkylation sites (tertiary alicyclic amines) is 2. The van der Waals surface area contributed by atoms with E-state index in [2.05, 4.69) is 0 Å². The highest BCUT2D eigenvalue weighted by atomic mass is 16.5. The first-order valence-electron chi connectivity index (χ1n) is 8.40. The monoisotopic (exact) mass is 296 g/mol. The van der Waals surface area contributed by atoms with Crippen LogP contribution < -0.4 is 0 Å². The molecule has 0 N–H and O–H groups in total. The predicted molar refractivity (Wildman–Crippen MR) is 80.9 cm³/mol. The fourth-order valence-electron chi connectivity index (χ4n) is 3.00. The van der Waals surface area contributed by atoms with Gasteiger partial charge in [0.2, 0.25) is 11.8 Å². The van der Waals surface area contributed by atoms with E-state index in [4.69, 9.17) is 4.74 Å². The number of hydrogen-bond acceptors (Lipinski definition) is 3. The lowest BCUT2D eigenvalue weighted by Crippen LogP contribution is -2.26. The average molecular weight is 296 g/mol. The Hall–Kier alpha value is -1.10. The first-order valence-corrected chi connectivity index (χ1v) is 8.40. The molecule has 0 atom stereocenters. The fourth-order valence-corrected chi connectivity index (χ4v) is 3.00. The van der Waals surface area contributed by atoms with Gasteiger partial charge >= 0.3 is 0 Å². The van der Waals surface area contributed by atoms with Crippen molar-refractivity contribution < 1.29 is 14.3 Å². The van der Waals surface area contributed by atoms with Gasteiger partial charge in [-0.1, -0.05) is 0 Å². The van der Waals surface area contributed by atoms with Gasteiger partial charge < -0.3 is 14.5 Å². The van der Waals surface area contributed by atoms with Crippen LogP contribution in [0.5, 0.6) is 0 Å². The zero-order valence-corrected chi connectivity index (χ0v) is 13.0. The van der Waals surface area contributed by atoms with Crippen LogP contribution in [0.15, 0.2) is 0 Å². The van der Waals surface area contributed by atoms with Crippen molar-refractivity contribution in [3.05, 3.63) is 0 Å². The third-order valence-corrected chi connectivity index (χ3v) is 4.28. The van der Waals surface area contributed by atoms with Gasteiger partial charge in [0, 0.05) is 52.2 Å². The minimum Gasteiger partial charge on any atom is -0.381 e. The van der Waals surface area contributed by atoms with Crippen LogP contribution in [0.4, 0.5) is 0 Å². The quantitative estimate of drug-likeness (QED) is 0.578. The normalized spacial score (nSPS) is 19.0. The van der Waals surface area contributed by atoms with Crippen LogP contribution in [-0.4, -0.2) is 61.0 Å². The first kappa shape index (κ1) is 16.3. The summed E-state index contributed by atoms with van der Waals surface area (Å²) in [5.41, 5.74) is 0. The van der Waals surface area contributed by atoms with E-state index >= 15 is 0 Å². The second-order valence-electron chi connectivity index (χ2n) is 6.00. The van der Waals surface area contributed by atoms with E-state index in [9.17, 15) is 9.59 Å². The van der Waals surface area contributed by atoms with Crippen LogP contribution in [0, 0.1) is 0 Å². The van der Waals surface area contributed by atoms with Crippen molar-refractivity contribution in [3.8, 4) is 0 Å². The molecule has 2 fully saturated rings. The van der Waals surface area contributed by atoms with Crippen LogP contribution in [0.2, 0.25) is 0 Å². The van der Waals surface area contributed by atoms with E-state index in [0.29, 0.717) is 11.8 Å². The van der Waals surface area contributed by atoms with Gasteiger partial charge in [0.25, 0.3) is 0 Å². The van der Waals surface area contributed by atoms with Gasteiger partial charge in [0.1, 0.15) is 0 Å². The van der Waals surface area contributed by atoms with Crippen LogP contribution in [0.1, 0.15) is 51.4 Å². The molecule has 5 heteroatoms. The smallest absolute Gasteiger partial charge is 0.222 e. The van der Waals surface area contributed by atoms with E-state index in [1.807, 2.05) is 9.80 Å². The molecule has 0 aromatic carbocycles. The van der Waals surface area contributed by atoms with Crippen molar-refractivity contribution in [2.24, 2.45) is 0 Å². The Bertz CT molecular complexity index is 314. The lowest BCUT2D eigenvalue weighted by Gasteiger charge is -2.15. The van der Waals surface area contributed by atoms with Gasteiger partial charge in [0.15, 0.2) is 0 Å². The molecule has 0 spiro atoms. The van der Waals surface area contributed by atoms with Crippen molar-refractivity contribution in [1.82, 2.24) is 9.80 Å². The molecule has 2 rings (SSSR count). The summed E-state index contributed by atoms with van der Waals surface area (Å²) in [4.78, 5) is 26.8. The van der Waals surface area contributed by atoms with E-state index in [-0.39, 0.29) is 0 Å². The predicted octanol–water partition coefficient (Wildman–Crippen LogP) is 1.81. The van der Waals surface area contributed by atoms with Crippen molar-refractivity contribution in [1.29, 1.82) is 0 Å². The van der Waals surface area contributed by atoms with Crippen molar-refractivity contribution in [3.63, 3.8) is 0 Å². The lowest BCUT2D eigenvalue weighted by atomic mass is 10.3. The molecule has 5 nitrogen and oxygen atoms in total. The largest absolute Gasteiger partial charge is 0.381 e. The Labute approximate surface area is 127 Å². The van der Waals surface area contributed by atoms with Crippen molar-refractivity contribution in [2.75, 3.05) is 39.4 Å². The Morgan fingerprint density at radius 3 is 1.62 bits per heavy atom. The van der Waals surface area contributed by atoms with E-state index in [1.165, 1.54) is 0 Å². The van der Waals surface area contributed by atoms with Gasteiger partial charge in [-0.05, 0) is 38.5 Å². The number of ether oxygens (including phenoxy) is 1. The molecule has 0 aliphatic carbocycles. The number of carbonyl (C=O) groups excluding carboxylic acids is 2. The number of nitrogens with zero attached hydrogens (tertiary/aromatic N) is 2. The Kier molecular flexibility index (Phi) is 7.00. The van der Waals surface area contributed by atoms with Crippen LogP contribution in [-0.2, 0) is 14.3 Å². The molecule has 21 heavy (non-hydrogen) atoms. The molecular weight excluding hydrogens is 268 g/mol. The van der Waals surface area contributed by atoms with Crippen LogP contribution >= 0.6 is 0 Å². The minimum absolute atomic E-state index is 0.312. The summed E-state index contributed by atoms with van der Waals surface area (Å²) in [7, 11) is 0. The highest BCUT2D eigenvalue weighted by molar-refractivity contribution is 5.78. The first-order chi connectivity index (χ1) is 10.3. The second kappa shape index (κ2) is 9.03. The summed E-state index contributed by atoms with van der Waals surface area (Å²) in [5, 5.41) is 0. The summed E-state index contributed by atoms with van der Waals surface area (Å²) < 4.78 is 5.61. The van der Waals surface area contributed by atoms with E-state index in [0.717, 1.165) is 90.8 Å². The molecule has 120 valence electrons. The van der Waals surface area contributed by atoms with Crippen LogP contribution in [0.3, 0.4) is 0 Å². The number of unbranched alkanes of at least 4 members (excludes halogenated alkanes) is 2. The number of rotatable bonds is 10. The van der Waals surface area contributed by atoms with Crippen molar-refractivity contribution in [2.45, 2.75) is 51.4 Å². The van der Waals surface area contributed by atoms with Gasteiger partial charge in [-0.15, -0.1) is 0 Å². The molecule has 0 unspecified atom stereocenters. The highest BCUT2D eigenvalue weighted by Gasteiger charge is 2.19. The molecule has 2 aliphatic rings. The molecule has 2 aliphatic heterocycles. The van der Waals surface area contributed by atoms with E-state index < -0.39 is 0 Å². The standard InChI is InChI=1S/C16H28N2O3/c19-15-7-5-11-17(15)9-1-3-13-21-14-4-2-10-18-12-6-8-16(18)20/h1-14H2. The third-order valence-electron chi connectivity index (χ3n) is 4.28. The summed E-state index contributed by atoms with van der Waals surface area (Å²) in [6.07, 6.45) is 7.63. The van der Waals surface area contributed by atoms with Gasteiger partial charge in [-0.2, -0.15) is 0 Å². The molecular formula is C16H28N2O3. The van der Waals surface area contributed by atoms with Crippen LogP contribution in [0.25, 0.3) is 0 Å². The summed E-state index contributed by atoms with van der Waals surface area (Å²) in [6.45, 7) is 5.22. The Morgan fingerprint density at radius 2 is 1.24 bits per heavy atom. The van der Waals surface area contributed by atoms with Gasteiger partial charge in [0.05, 0.1) is 0 Å². The topological polar surface area (TPSA) is 49.9 Å². The summed E-state index contributed by atoms with van der Waals surface area (Å²) >= 11 is 0. The molecule has 2 amide bonds. The van der Waals surface area contributed by atoms with Crippen molar-refractivity contribution >= 4 is 11.8 Å². The van der Waals surface area contributed by atoms with E-state index in [1.54, 1.807) is 0 Å². The SMILES string of the molecule is O=C1CCCN1CCCCOCCCCN1CCCC1=O. The minimum atomic E-state index is 0.312. The zero-order chi connectivity index (χ0) is 14.9. The number of carbonyl (C=O) groups is 2. The zero-order valence-electron chi connectivity index (χ0n) is 13.0. The van der Waals surface area contributed by atoms with Gasteiger partial charge in [-0.25, -0.2) is 0 Å². The molecule has 0 aromatic rings. The maximum absolute atomic E-state index is 11.4. The molecule has 2 saturated heterocycles.